The summed E-state index contributed by atoms with van der Waals surface area (Å²) in [6.45, 7) is 7.00. The molecule has 146 valence electrons. The summed E-state index contributed by atoms with van der Waals surface area (Å²) in [7, 11) is 2.08. The van der Waals surface area contributed by atoms with E-state index in [1.54, 1.807) is 27.0 Å². The van der Waals surface area contributed by atoms with Crippen LogP contribution in [0.2, 0.25) is 0 Å². The molecular formula is C19H26N4O4. The van der Waals surface area contributed by atoms with Gasteiger partial charge in [-0.15, -0.1) is 0 Å². The standard InChI is InChI=1S/C19H26N4O4/c1-19(2,3)18(25)26-12-23-11-21-14-9-20-10-15(16(14)17(23)24)27-13-5-7-22(4)8-6-13/h9-11,13H,5-8,12H2,1-4H3. The number of hydrogen-bond donors (Lipinski definition) is 0. The van der Waals surface area contributed by atoms with Crippen molar-refractivity contribution in [2.45, 2.75) is 46.4 Å². The first kappa shape index (κ1) is 19.3. The average Bonchev–Trinajstić information content (AvgIpc) is 2.62. The minimum absolute atomic E-state index is 0.0420. The van der Waals surface area contributed by atoms with E-state index in [4.69, 9.17) is 9.47 Å². The second kappa shape index (κ2) is 7.64. The summed E-state index contributed by atoms with van der Waals surface area (Å²) < 4.78 is 12.6. The number of likely N-dealkylation sites (tertiary alicyclic amines) is 1. The summed E-state index contributed by atoms with van der Waals surface area (Å²) in [5.74, 6) is 0.0445. The number of fused-ring (bicyclic) bond motifs is 1. The van der Waals surface area contributed by atoms with Crippen molar-refractivity contribution in [1.29, 1.82) is 0 Å². The first-order valence-corrected chi connectivity index (χ1v) is 9.11. The number of nitrogens with zero attached hydrogens (tertiary/aromatic N) is 4. The normalized spacial score (nSPS) is 16.4. The molecule has 27 heavy (non-hydrogen) atoms. The van der Waals surface area contributed by atoms with Crippen LogP contribution >= 0.6 is 0 Å². The molecule has 0 saturated carbocycles. The van der Waals surface area contributed by atoms with Crippen LogP contribution in [0.15, 0.2) is 23.5 Å². The number of ether oxygens (including phenoxy) is 2. The van der Waals surface area contributed by atoms with Crippen molar-refractivity contribution >= 4 is 16.9 Å². The first-order valence-electron chi connectivity index (χ1n) is 9.11. The van der Waals surface area contributed by atoms with Gasteiger partial charge in [-0.1, -0.05) is 0 Å². The summed E-state index contributed by atoms with van der Waals surface area (Å²) in [5, 5.41) is 0.359. The number of hydrogen-bond acceptors (Lipinski definition) is 7. The molecule has 0 unspecified atom stereocenters. The van der Waals surface area contributed by atoms with Crippen molar-refractivity contribution in [3.05, 3.63) is 29.1 Å². The Balaban J connectivity index is 1.85. The van der Waals surface area contributed by atoms with Gasteiger partial charge in [0.25, 0.3) is 5.56 Å². The largest absolute Gasteiger partial charge is 0.488 e. The molecule has 0 N–H and O–H groups in total. The summed E-state index contributed by atoms with van der Waals surface area (Å²) >= 11 is 0. The van der Waals surface area contributed by atoms with Crippen LogP contribution in [0.25, 0.3) is 10.9 Å². The number of carbonyl (C=O) groups is 1. The van der Waals surface area contributed by atoms with Gasteiger partial charge < -0.3 is 14.4 Å². The van der Waals surface area contributed by atoms with E-state index in [9.17, 15) is 9.59 Å². The molecule has 0 aromatic carbocycles. The number of rotatable bonds is 4. The van der Waals surface area contributed by atoms with Gasteiger partial charge in [0.2, 0.25) is 0 Å². The average molecular weight is 374 g/mol. The zero-order valence-electron chi connectivity index (χ0n) is 16.3. The van der Waals surface area contributed by atoms with Crippen LogP contribution in [0.3, 0.4) is 0 Å². The fourth-order valence-electron chi connectivity index (χ4n) is 2.88. The van der Waals surface area contributed by atoms with Gasteiger partial charge in [-0.3, -0.25) is 19.1 Å². The molecular weight excluding hydrogens is 348 g/mol. The van der Waals surface area contributed by atoms with E-state index < -0.39 is 5.41 Å². The zero-order valence-corrected chi connectivity index (χ0v) is 16.3. The number of carbonyl (C=O) groups excluding carboxylic acids is 1. The van der Waals surface area contributed by atoms with Crippen LogP contribution in [-0.2, 0) is 16.3 Å². The van der Waals surface area contributed by atoms with Crippen molar-refractivity contribution in [3.8, 4) is 5.75 Å². The Kier molecular flexibility index (Phi) is 5.46. The van der Waals surface area contributed by atoms with Gasteiger partial charge in [-0.2, -0.15) is 0 Å². The van der Waals surface area contributed by atoms with Gasteiger partial charge in [0, 0.05) is 13.1 Å². The highest BCUT2D eigenvalue weighted by Gasteiger charge is 2.24. The van der Waals surface area contributed by atoms with Crippen LogP contribution in [0.4, 0.5) is 0 Å². The SMILES string of the molecule is CN1CCC(Oc2cncc3ncn(COC(=O)C(C)(C)C)c(=O)c23)CC1. The molecule has 2 aromatic rings. The lowest BCUT2D eigenvalue weighted by atomic mass is 9.98. The Labute approximate surface area is 158 Å². The zero-order chi connectivity index (χ0) is 19.6. The third-order valence-electron chi connectivity index (χ3n) is 4.61. The van der Waals surface area contributed by atoms with Crippen LogP contribution in [0.5, 0.6) is 5.75 Å². The van der Waals surface area contributed by atoms with Gasteiger partial charge in [0.05, 0.1) is 23.3 Å². The molecule has 1 aliphatic heterocycles. The molecule has 2 aromatic heterocycles. The van der Waals surface area contributed by atoms with E-state index in [-0.39, 0.29) is 24.4 Å². The second-order valence-electron chi connectivity index (χ2n) is 7.98. The predicted octanol–water partition coefficient (Wildman–Crippen LogP) is 1.81. The summed E-state index contributed by atoms with van der Waals surface area (Å²) in [4.78, 5) is 35.6. The summed E-state index contributed by atoms with van der Waals surface area (Å²) in [5.41, 5.74) is -0.490. The van der Waals surface area contributed by atoms with Crippen LogP contribution < -0.4 is 10.3 Å². The molecule has 1 fully saturated rings. The van der Waals surface area contributed by atoms with Gasteiger partial charge in [-0.25, -0.2) is 4.98 Å². The van der Waals surface area contributed by atoms with Gasteiger partial charge in [0.1, 0.15) is 17.8 Å². The number of pyridine rings is 1. The van der Waals surface area contributed by atoms with Crippen LogP contribution in [0.1, 0.15) is 33.6 Å². The second-order valence-corrected chi connectivity index (χ2v) is 7.98. The molecule has 1 aliphatic rings. The first-order chi connectivity index (χ1) is 12.8. The third-order valence-corrected chi connectivity index (χ3v) is 4.61. The molecule has 3 rings (SSSR count). The van der Waals surface area contributed by atoms with E-state index in [0.29, 0.717) is 16.7 Å². The Hall–Kier alpha value is -2.48. The van der Waals surface area contributed by atoms with Crippen LogP contribution in [-0.4, -0.2) is 51.6 Å². The number of esters is 1. The monoisotopic (exact) mass is 374 g/mol. The Morgan fingerprint density at radius 2 is 1.96 bits per heavy atom. The minimum atomic E-state index is -0.639. The minimum Gasteiger partial charge on any atom is -0.488 e. The molecule has 0 bridgehead atoms. The lowest BCUT2D eigenvalue weighted by molar-refractivity contribution is -0.157. The third kappa shape index (κ3) is 4.44. The highest BCUT2D eigenvalue weighted by molar-refractivity contribution is 5.82. The Morgan fingerprint density at radius 1 is 1.26 bits per heavy atom. The highest BCUT2D eigenvalue weighted by atomic mass is 16.5. The molecule has 8 heteroatoms. The molecule has 1 saturated heterocycles. The highest BCUT2D eigenvalue weighted by Crippen LogP contribution is 2.23. The van der Waals surface area contributed by atoms with Crippen molar-refractivity contribution < 1.29 is 14.3 Å². The molecule has 0 radical (unpaired) electrons. The van der Waals surface area contributed by atoms with E-state index >= 15 is 0 Å². The van der Waals surface area contributed by atoms with Crippen molar-refractivity contribution in [3.63, 3.8) is 0 Å². The van der Waals surface area contributed by atoms with E-state index in [1.807, 2.05) is 0 Å². The van der Waals surface area contributed by atoms with Crippen molar-refractivity contribution in [2.24, 2.45) is 5.41 Å². The van der Waals surface area contributed by atoms with Gasteiger partial charge >= 0.3 is 5.97 Å². The predicted molar refractivity (Wildman–Crippen MR) is 100 cm³/mol. The molecule has 0 amide bonds. The number of aromatic nitrogens is 3. The molecule has 8 nitrogen and oxygen atoms in total. The van der Waals surface area contributed by atoms with Crippen LogP contribution in [0, 0.1) is 5.41 Å². The summed E-state index contributed by atoms with van der Waals surface area (Å²) in [6.07, 6.45) is 6.27. The van der Waals surface area contributed by atoms with Gasteiger partial charge in [0.15, 0.2) is 12.5 Å². The molecule has 0 spiro atoms. The van der Waals surface area contributed by atoms with E-state index in [1.165, 1.54) is 17.1 Å². The molecule has 3 heterocycles. The fourth-order valence-corrected chi connectivity index (χ4v) is 2.88. The maximum absolute atomic E-state index is 12.9. The fraction of sp³-hybridized carbons (Fsp3) is 0.579. The lowest BCUT2D eigenvalue weighted by Crippen LogP contribution is -2.36. The topological polar surface area (TPSA) is 86.5 Å². The smallest absolute Gasteiger partial charge is 0.312 e. The van der Waals surface area contributed by atoms with Crippen molar-refractivity contribution in [1.82, 2.24) is 19.4 Å². The van der Waals surface area contributed by atoms with Gasteiger partial charge in [-0.05, 0) is 40.7 Å². The molecule has 0 aliphatic carbocycles. The Bertz CT molecular complexity index is 879. The maximum atomic E-state index is 12.9. The lowest BCUT2D eigenvalue weighted by Gasteiger charge is -2.29. The van der Waals surface area contributed by atoms with E-state index in [0.717, 1.165) is 25.9 Å². The van der Waals surface area contributed by atoms with E-state index in [2.05, 4.69) is 21.9 Å². The number of piperidine rings is 1. The maximum Gasteiger partial charge on any atom is 0.312 e. The Morgan fingerprint density at radius 3 is 2.63 bits per heavy atom. The quantitative estimate of drug-likeness (QED) is 0.754. The summed E-state index contributed by atoms with van der Waals surface area (Å²) in [6, 6.07) is 0. The van der Waals surface area contributed by atoms with Crippen molar-refractivity contribution in [2.75, 3.05) is 20.1 Å². The molecule has 0 atom stereocenters.